The van der Waals surface area contributed by atoms with E-state index >= 15 is 0 Å². The predicted octanol–water partition coefficient (Wildman–Crippen LogP) is 2.63. The lowest BCUT2D eigenvalue weighted by Gasteiger charge is -2.16. The summed E-state index contributed by atoms with van der Waals surface area (Å²) >= 11 is 0. The smallest absolute Gasteiger partial charge is 0.339 e. The molecule has 3 heterocycles. The maximum absolute atomic E-state index is 11.8. The second-order valence-corrected chi connectivity index (χ2v) is 6.07. The zero-order valence-corrected chi connectivity index (χ0v) is 13.5. The highest BCUT2D eigenvalue weighted by Crippen LogP contribution is 2.33. The van der Waals surface area contributed by atoms with Gasteiger partial charge in [-0.15, -0.1) is 0 Å². The molecule has 5 heteroatoms. The predicted molar refractivity (Wildman–Crippen MR) is 92.3 cm³/mol. The Morgan fingerprint density at radius 3 is 3.04 bits per heavy atom. The first-order valence-corrected chi connectivity index (χ1v) is 8.11. The average Bonchev–Trinajstić information content (AvgIpc) is 2.86. The molecule has 1 atom stereocenters. The van der Waals surface area contributed by atoms with Crippen molar-refractivity contribution < 1.29 is 9.53 Å². The number of methoxy groups -OCH3 is 1. The molecule has 1 aliphatic rings. The van der Waals surface area contributed by atoms with Gasteiger partial charge in [0.05, 0.1) is 12.7 Å². The lowest BCUT2D eigenvalue weighted by molar-refractivity contribution is 0.0600. The van der Waals surface area contributed by atoms with E-state index in [0.717, 1.165) is 30.6 Å². The van der Waals surface area contributed by atoms with Crippen molar-refractivity contribution in [2.45, 2.75) is 12.3 Å². The minimum atomic E-state index is -0.359. The molecule has 0 spiro atoms. The van der Waals surface area contributed by atoms with Crippen molar-refractivity contribution in [3.63, 3.8) is 0 Å². The fourth-order valence-corrected chi connectivity index (χ4v) is 3.51. The van der Waals surface area contributed by atoms with E-state index in [1.165, 1.54) is 23.8 Å². The zero-order valence-electron chi connectivity index (χ0n) is 13.5. The molecule has 1 aliphatic heterocycles. The number of rotatable bonds is 2. The Kier molecular flexibility index (Phi) is 3.78. The molecule has 4 rings (SSSR count). The maximum atomic E-state index is 11.8. The van der Waals surface area contributed by atoms with Crippen molar-refractivity contribution in [3.8, 4) is 0 Å². The second kappa shape index (κ2) is 6.09. The summed E-state index contributed by atoms with van der Waals surface area (Å²) in [5.74, 6) is -0.227. The summed E-state index contributed by atoms with van der Waals surface area (Å²) in [5.41, 5.74) is 5.22. The Balaban J connectivity index is 1.83. The Morgan fingerprint density at radius 2 is 2.17 bits per heavy atom. The second-order valence-electron chi connectivity index (χ2n) is 6.07. The van der Waals surface area contributed by atoms with Crippen molar-refractivity contribution in [1.82, 2.24) is 15.3 Å². The number of ether oxygens (including phenoxy) is 1. The number of pyridine rings is 1. The van der Waals surface area contributed by atoms with E-state index in [1.807, 2.05) is 18.3 Å². The van der Waals surface area contributed by atoms with E-state index in [1.54, 1.807) is 6.20 Å². The number of nitrogens with zero attached hydrogens (tertiary/aromatic N) is 1. The number of carbonyl (C=O) groups excluding carboxylic acids is 1. The van der Waals surface area contributed by atoms with Gasteiger partial charge in [-0.2, -0.15) is 0 Å². The summed E-state index contributed by atoms with van der Waals surface area (Å²) in [4.78, 5) is 19.6. The number of hydrogen-bond donors (Lipinski definition) is 2. The van der Waals surface area contributed by atoms with Crippen LogP contribution in [0.2, 0.25) is 0 Å². The minimum Gasteiger partial charge on any atom is -0.465 e. The Morgan fingerprint density at radius 1 is 1.29 bits per heavy atom. The summed E-state index contributed by atoms with van der Waals surface area (Å²) < 4.78 is 4.82. The van der Waals surface area contributed by atoms with Gasteiger partial charge in [-0.1, -0.05) is 18.2 Å². The van der Waals surface area contributed by atoms with Gasteiger partial charge in [-0.25, -0.2) is 4.79 Å². The van der Waals surface area contributed by atoms with Crippen LogP contribution < -0.4 is 5.32 Å². The SMILES string of the molecule is COC(=O)c1cncc(C2CNCCc3c2[nH]c2ccccc32)c1. The highest BCUT2D eigenvalue weighted by atomic mass is 16.5. The van der Waals surface area contributed by atoms with Gasteiger partial charge in [-0.3, -0.25) is 4.98 Å². The number of nitrogens with one attached hydrogen (secondary N) is 2. The van der Waals surface area contributed by atoms with Crippen molar-refractivity contribution in [2.75, 3.05) is 20.2 Å². The number of fused-ring (bicyclic) bond motifs is 3. The first-order valence-electron chi connectivity index (χ1n) is 8.11. The van der Waals surface area contributed by atoms with E-state index in [9.17, 15) is 4.79 Å². The lowest BCUT2D eigenvalue weighted by Crippen LogP contribution is -2.21. The number of aromatic nitrogens is 2. The molecule has 24 heavy (non-hydrogen) atoms. The van der Waals surface area contributed by atoms with Crippen molar-refractivity contribution in [1.29, 1.82) is 0 Å². The molecule has 0 amide bonds. The van der Waals surface area contributed by atoms with Crippen LogP contribution in [0.1, 0.15) is 33.1 Å². The molecule has 5 nitrogen and oxygen atoms in total. The van der Waals surface area contributed by atoms with Gasteiger partial charge in [0.2, 0.25) is 0 Å². The molecular formula is C19H19N3O2. The van der Waals surface area contributed by atoms with Crippen LogP contribution >= 0.6 is 0 Å². The molecule has 122 valence electrons. The van der Waals surface area contributed by atoms with Gasteiger partial charge in [0.15, 0.2) is 0 Å². The molecule has 0 fully saturated rings. The quantitative estimate of drug-likeness (QED) is 0.712. The van der Waals surface area contributed by atoms with Crippen LogP contribution in [-0.4, -0.2) is 36.1 Å². The van der Waals surface area contributed by atoms with E-state index in [-0.39, 0.29) is 11.9 Å². The molecule has 0 aliphatic carbocycles. The van der Waals surface area contributed by atoms with E-state index in [2.05, 4.69) is 33.5 Å². The number of para-hydroxylation sites is 1. The van der Waals surface area contributed by atoms with E-state index in [4.69, 9.17) is 4.74 Å². The van der Waals surface area contributed by atoms with Crippen LogP contribution in [-0.2, 0) is 11.2 Å². The highest BCUT2D eigenvalue weighted by molar-refractivity contribution is 5.89. The molecule has 0 bridgehead atoms. The number of hydrogen-bond acceptors (Lipinski definition) is 4. The topological polar surface area (TPSA) is 67.0 Å². The number of carbonyl (C=O) groups is 1. The number of H-pyrrole nitrogens is 1. The van der Waals surface area contributed by atoms with Gasteiger partial charge in [0.25, 0.3) is 0 Å². The number of aromatic amines is 1. The molecule has 1 aromatic carbocycles. The third-order valence-electron chi connectivity index (χ3n) is 4.68. The average molecular weight is 321 g/mol. The van der Waals surface area contributed by atoms with E-state index in [0.29, 0.717) is 5.56 Å². The lowest BCUT2D eigenvalue weighted by atomic mass is 9.93. The van der Waals surface area contributed by atoms with E-state index < -0.39 is 0 Å². The van der Waals surface area contributed by atoms with Crippen LogP contribution in [0, 0.1) is 0 Å². The normalized spacial score (nSPS) is 17.3. The number of esters is 1. The Labute approximate surface area is 140 Å². The summed E-state index contributed by atoms with van der Waals surface area (Å²) in [5, 5.41) is 4.77. The minimum absolute atomic E-state index is 0.131. The molecular weight excluding hydrogens is 302 g/mol. The Bertz CT molecular complexity index is 901. The van der Waals surface area contributed by atoms with Crippen molar-refractivity contribution >= 4 is 16.9 Å². The fraction of sp³-hybridized carbons (Fsp3) is 0.263. The zero-order chi connectivity index (χ0) is 16.5. The summed E-state index contributed by atoms with van der Waals surface area (Å²) in [7, 11) is 1.39. The molecule has 0 saturated heterocycles. The van der Waals surface area contributed by atoms with Gasteiger partial charge in [0.1, 0.15) is 0 Å². The standard InChI is InChI=1S/C19H19N3O2/c1-24-19(23)13-8-12(9-21-10-13)16-11-20-7-6-15-14-4-2-3-5-17(14)22-18(15)16/h2-5,8-10,16,20,22H,6-7,11H2,1H3. The molecule has 2 aromatic heterocycles. The van der Waals surface area contributed by atoms with Crippen LogP contribution in [0.5, 0.6) is 0 Å². The van der Waals surface area contributed by atoms with Crippen LogP contribution in [0.25, 0.3) is 10.9 Å². The molecule has 0 radical (unpaired) electrons. The van der Waals surface area contributed by atoms with Gasteiger partial charge >= 0.3 is 5.97 Å². The van der Waals surface area contributed by atoms with Gasteiger partial charge < -0.3 is 15.0 Å². The van der Waals surface area contributed by atoms with Crippen LogP contribution in [0.3, 0.4) is 0 Å². The number of benzene rings is 1. The van der Waals surface area contributed by atoms with Crippen molar-refractivity contribution in [3.05, 3.63) is 65.1 Å². The van der Waals surface area contributed by atoms with Crippen LogP contribution in [0.15, 0.2) is 42.7 Å². The first kappa shape index (κ1) is 14.9. The van der Waals surface area contributed by atoms with Gasteiger partial charge in [0, 0.05) is 41.5 Å². The van der Waals surface area contributed by atoms with Crippen molar-refractivity contribution in [2.24, 2.45) is 0 Å². The monoisotopic (exact) mass is 321 g/mol. The molecule has 3 aromatic rings. The summed E-state index contributed by atoms with van der Waals surface area (Å²) in [6.45, 7) is 1.75. The van der Waals surface area contributed by atoms with Gasteiger partial charge in [-0.05, 0) is 36.2 Å². The van der Waals surface area contributed by atoms with Crippen LogP contribution in [0.4, 0.5) is 0 Å². The maximum Gasteiger partial charge on any atom is 0.339 e. The molecule has 0 saturated carbocycles. The largest absolute Gasteiger partial charge is 0.465 e. The third-order valence-corrected chi connectivity index (χ3v) is 4.68. The fourth-order valence-electron chi connectivity index (χ4n) is 3.51. The first-order chi connectivity index (χ1) is 11.8. The Hall–Kier alpha value is -2.66. The third kappa shape index (κ3) is 2.47. The highest BCUT2D eigenvalue weighted by Gasteiger charge is 2.24. The molecule has 2 N–H and O–H groups in total. The summed E-state index contributed by atoms with van der Waals surface area (Å²) in [6, 6.07) is 10.3. The molecule has 1 unspecified atom stereocenters. The summed E-state index contributed by atoms with van der Waals surface area (Å²) in [6.07, 6.45) is 4.37.